The minimum atomic E-state index is -3.90. The van der Waals surface area contributed by atoms with E-state index in [9.17, 15) is 13.2 Å². The van der Waals surface area contributed by atoms with Crippen LogP contribution in [0.3, 0.4) is 0 Å². The number of nitrogens with zero attached hydrogens (tertiary/aromatic N) is 1. The maximum absolute atomic E-state index is 13.3. The number of hydrogen-bond acceptors (Lipinski definition) is 4. The summed E-state index contributed by atoms with van der Waals surface area (Å²) < 4.78 is 33.1. The van der Waals surface area contributed by atoms with Crippen LogP contribution in [0.2, 0.25) is 0 Å². The van der Waals surface area contributed by atoms with Crippen molar-refractivity contribution in [1.29, 1.82) is 0 Å². The highest BCUT2D eigenvalue weighted by Gasteiger charge is 2.28. The van der Waals surface area contributed by atoms with Crippen LogP contribution in [-0.2, 0) is 14.8 Å². The van der Waals surface area contributed by atoms with Gasteiger partial charge in [-0.2, -0.15) is 0 Å². The molecule has 3 rings (SSSR count). The van der Waals surface area contributed by atoms with Crippen LogP contribution in [0.15, 0.2) is 59.5 Å². The minimum absolute atomic E-state index is 0.119. The maximum atomic E-state index is 13.3. The van der Waals surface area contributed by atoms with Gasteiger partial charge in [-0.25, -0.2) is 8.42 Å². The molecule has 28 heavy (non-hydrogen) atoms. The van der Waals surface area contributed by atoms with E-state index in [4.69, 9.17) is 4.74 Å². The Balaban J connectivity index is 1.85. The van der Waals surface area contributed by atoms with Crippen molar-refractivity contribution in [3.05, 3.63) is 54.6 Å². The Morgan fingerprint density at radius 2 is 1.71 bits per heavy atom. The fourth-order valence-corrected chi connectivity index (χ4v) is 4.81. The quantitative estimate of drug-likeness (QED) is 0.735. The van der Waals surface area contributed by atoms with Crippen molar-refractivity contribution in [3.63, 3.8) is 0 Å². The summed E-state index contributed by atoms with van der Waals surface area (Å²) in [6.45, 7) is 2.12. The molecule has 0 heterocycles. The fourth-order valence-electron chi connectivity index (χ4n) is 3.38. The third-order valence-electron chi connectivity index (χ3n) is 4.77. The van der Waals surface area contributed by atoms with Gasteiger partial charge in [-0.3, -0.25) is 9.10 Å². The number of hydrogen-bond donors (Lipinski definition) is 1. The van der Waals surface area contributed by atoms with Crippen LogP contribution in [0.5, 0.6) is 5.75 Å². The highest BCUT2D eigenvalue weighted by Crippen LogP contribution is 2.25. The number of para-hydroxylation sites is 1. The molecule has 1 fully saturated rings. The van der Waals surface area contributed by atoms with E-state index in [0.717, 1.165) is 30.0 Å². The molecule has 0 atom stereocenters. The molecular formula is C21H26N2O4S. The van der Waals surface area contributed by atoms with Crippen LogP contribution in [0.4, 0.5) is 5.69 Å². The number of anilines is 1. The Morgan fingerprint density at radius 1 is 1.07 bits per heavy atom. The second-order valence-electron chi connectivity index (χ2n) is 6.80. The monoisotopic (exact) mass is 402 g/mol. The van der Waals surface area contributed by atoms with Gasteiger partial charge >= 0.3 is 0 Å². The van der Waals surface area contributed by atoms with E-state index in [0.29, 0.717) is 18.0 Å². The minimum Gasteiger partial charge on any atom is -0.494 e. The number of carbonyl (C=O) groups is 1. The lowest BCUT2D eigenvalue weighted by Crippen LogP contribution is -2.43. The van der Waals surface area contributed by atoms with Crippen LogP contribution in [0, 0.1) is 0 Å². The first kappa shape index (κ1) is 20.2. The predicted octanol–water partition coefficient (Wildman–Crippen LogP) is 3.34. The molecule has 2 aromatic carbocycles. The molecule has 1 N–H and O–H groups in total. The molecule has 0 bridgehead atoms. The standard InChI is InChI=1S/C21H26N2O4S/c1-2-27-19-12-14-20(15-13-19)28(25,26)23(18-10-4-3-5-11-18)16-21(24)22-17-8-6-7-9-17/h3-5,10-15,17H,2,6-9,16H2,1H3,(H,22,24). The molecule has 0 radical (unpaired) electrons. The number of sulfonamides is 1. The summed E-state index contributed by atoms with van der Waals surface area (Å²) in [6.07, 6.45) is 4.08. The molecule has 150 valence electrons. The smallest absolute Gasteiger partial charge is 0.264 e. The molecule has 7 heteroatoms. The second-order valence-corrected chi connectivity index (χ2v) is 8.66. The first-order valence-corrected chi connectivity index (χ1v) is 11.0. The van der Waals surface area contributed by atoms with Gasteiger partial charge in [-0.1, -0.05) is 31.0 Å². The van der Waals surface area contributed by atoms with Crippen molar-refractivity contribution in [3.8, 4) is 5.75 Å². The van der Waals surface area contributed by atoms with Gasteiger partial charge in [-0.05, 0) is 56.2 Å². The van der Waals surface area contributed by atoms with E-state index >= 15 is 0 Å². The molecule has 0 unspecified atom stereocenters. The van der Waals surface area contributed by atoms with E-state index in [1.165, 1.54) is 12.1 Å². The topological polar surface area (TPSA) is 75.7 Å². The van der Waals surface area contributed by atoms with E-state index < -0.39 is 10.0 Å². The molecular weight excluding hydrogens is 376 g/mol. The molecule has 0 spiro atoms. The van der Waals surface area contributed by atoms with Gasteiger partial charge < -0.3 is 10.1 Å². The van der Waals surface area contributed by atoms with E-state index in [2.05, 4.69) is 5.32 Å². The van der Waals surface area contributed by atoms with E-state index in [-0.39, 0.29) is 23.4 Å². The average molecular weight is 403 g/mol. The van der Waals surface area contributed by atoms with E-state index in [1.54, 1.807) is 36.4 Å². The van der Waals surface area contributed by atoms with Crippen molar-refractivity contribution in [2.75, 3.05) is 17.5 Å². The molecule has 1 aliphatic carbocycles. The van der Waals surface area contributed by atoms with Crippen LogP contribution < -0.4 is 14.4 Å². The van der Waals surface area contributed by atoms with Gasteiger partial charge in [0.15, 0.2) is 0 Å². The summed E-state index contributed by atoms with van der Waals surface area (Å²) in [6, 6.07) is 15.1. The Kier molecular flexibility index (Phi) is 6.57. The molecule has 1 amide bonds. The lowest BCUT2D eigenvalue weighted by molar-refractivity contribution is -0.120. The number of nitrogens with one attached hydrogen (secondary N) is 1. The summed E-state index contributed by atoms with van der Waals surface area (Å²) in [4.78, 5) is 12.7. The third kappa shape index (κ3) is 4.84. The largest absolute Gasteiger partial charge is 0.494 e. The van der Waals surface area contributed by atoms with Gasteiger partial charge in [0.05, 0.1) is 17.2 Å². The molecule has 0 aromatic heterocycles. The van der Waals surface area contributed by atoms with Crippen molar-refractivity contribution in [1.82, 2.24) is 5.32 Å². The summed E-state index contributed by atoms with van der Waals surface area (Å²) in [7, 11) is -3.90. The van der Waals surface area contributed by atoms with Crippen molar-refractivity contribution < 1.29 is 17.9 Å². The SMILES string of the molecule is CCOc1ccc(S(=O)(=O)N(CC(=O)NC2CCCC2)c2ccccc2)cc1. The lowest BCUT2D eigenvalue weighted by atomic mass is 10.2. The summed E-state index contributed by atoms with van der Waals surface area (Å²) in [5.41, 5.74) is 0.456. The molecule has 6 nitrogen and oxygen atoms in total. The Labute approximate surface area is 166 Å². The van der Waals surface area contributed by atoms with Gasteiger partial charge in [0.1, 0.15) is 12.3 Å². The van der Waals surface area contributed by atoms with Gasteiger partial charge in [0, 0.05) is 6.04 Å². The van der Waals surface area contributed by atoms with Gasteiger partial charge in [0.2, 0.25) is 5.91 Å². The zero-order chi connectivity index (χ0) is 20.0. The van der Waals surface area contributed by atoms with Crippen molar-refractivity contribution >= 4 is 21.6 Å². The molecule has 0 aliphatic heterocycles. The number of benzene rings is 2. The lowest BCUT2D eigenvalue weighted by Gasteiger charge is -2.25. The number of carbonyl (C=O) groups excluding carboxylic acids is 1. The van der Waals surface area contributed by atoms with Crippen LogP contribution in [-0.4, -0.2) is 33.5 Å². The second kappa shape index (κ2) is 9.10. The first-order valence-electron chi connectivity index (χ1n) is 9.60. The predicted molar refractivity (Wildman–Crippen MR) is 109 cm³/mol. The zero-order valence-electron chi connectivity index (χ0n) is 16.0. The Hall–Kier alpha value is -2.54. The third-order valence-corrected chi connectivity index (χ3v) is 6.56. The van der Waals surface area contributed by atoms with Crippen molar-refractivity contribution in [2.45, 2.75) is 43.5 Å². The number of amides is 1. The summed E-state index contributed by atoms with van der Waals surface area (Å²) in [5, 5.41) is 2.96. The van der Waals surface area contributed by atoms with Crippen molar-refractivity contribution in [2.24, 2.45) is 0 Å². The summed E-state index contributed by atoms with van der Waals surface area (Å²) >= 11 is 0. The first-order chi connectivity index (χ1) is 13.5. The molecule has 2 aromatic rings. The highest BCUT2D eigenvalue weighted by atomic mass is 32.2. The van der Waals surface area contributed by atoms with E-state index in [1.807, 2.05) is 13.0 Å². The zero-order valence-corrected chi connectivity index (χ0v) is 16.8. The molecule has 1 saturated carbocycles. The normalized spacial score (nSPS) is 14.6. The van der Waals surface area contributed by atoms with Gasteiger partial charge in [0.25, 0.3) is 10.0 Å². The maximum Gasteiger partial charge on any atom is 0.264 e. The van der Waals surface area contributed by atoms with Crippen LogP contribution in [0.25, 0.3) is 0 Å². The fraction of sp³-hybridized carbons (Fsp3) is 0.381. The number of rotatable bonds is 8. The average Bonchev–Trinajstić information content (AvgIpc) is 3.20. The number of ether oxygens (including phenoxy) is 1. The molecule has 0 saturated heterocycles. The summed E-state index contributed by atoms with van der Waals surface area (Å²) in [5.74, 6) is 0.317. The Bertz CT molecular complexity index is 876. The van der Waals surface area contributed by atoms with Crippen LogP contribution in [0.1, 0.15) is 32.6 Å². The molecule has 1 aliphatic rings. The van der Waals surface area contributed by atoms with Crippen LogP contribution >= 0.6 is 0 Å². The highest BCUT2D eigenvalue weighted by molar-refractivity contribution is 7.92. The van der Waals surface area contributed by atoms with Gasteiger partial charge in [-0.15, -0.1) is 0 Å². The Morgan fingerprint density at radius 3 is 2.32 bits per heavy atom.